The number of aliphatic imine (C=N–C) groups is 1. The van der Waals surface area contributed by atoms with Crippen molar-refractivity contribution >= 4 is 28.9 Å². The molecule has 2 aromatic rings. The van der Waals surface area contributed by atoms with E-state index in [0.717, 1.165) is 42.9 Å². The van der Waals surface area contributed by atoms with E-state index in [0.29, 0.717) is 11.6 Å². The fraction of sp³-hybridized carbons (Fsp3) is 0.263. The molecular weight excluding hydrogens is 308 g/mol. The Bertz CT molecular complexity index is 695. The molecule has 0 saturated carbocycles. The summed E-state index contributed by atoms with van der Waals surface area (Å²) in [6.07, 6.45) is 3.14. The molecule has 3 rings (SSSR count). The molecule has 0 unspecified atom stereocenters. The van der Waals surface area contributed by atoms with Crippen molar-refractivity contribution in [2.75, 3.05) is 18.0 Å². The second kappa shape index (κ2) is 7.42. The van der Waals surface area contributed by atoms with Crippen LogP contribution >= 0.6 is 11.6 Å². The summed E-state index contributed by atoms with van der Waals surface area (Å²) >= 11 is 5.99. The summed E-state index contributed by atoms with van der Waals surface area (Å²) in [4.78, 5) is 19.3. The van der Waals surface area contributed by atoms with Crippen LogP contribution in [0.4, 0.5) is 5.69 Å². The number of carbonyl (C=O) groups excluding carboxylic acids is 1. The van der Waals surface area contributed by atoms with Crippen LogP contribution in [-0.2, 0) is 0 Å². The van der Waals surface area contributed by atoms with E-state index in [1.807, 2.05) is 59.5 Å². The molecule has 118 valence electrons. The summed E-state index contributed by atoms with van der Waals surface area (Å²) < 4.78 is 0. The first-order valence-electron chi connectivity index (χ1n) is 7.89. The van der Waals surface area contributed by atoms with E-state index >= 15 is 0 Å². The zero-order valence-corrected chi connectivity index (χ0v) is 13.7. The predicted octanol–water partition coefficient (Wildman–Crippen LogP) is 4.61. The van der Waals surface area contributed by atoms with Crippen molar-refractivity contribution in [1.29, 1.82) is 0 Å². The predicted molar refractivity (Wildman–Crippen MR) is 95.7 cm³/mol. The zero-order valence-electron chi connectivity index (χ0n) is 12.9. The van der Waals surface area contributed by atoms with Crippen molar-refractivity contribution in [3.63, 3.8) is 0 Å². The first-order valence-corrected chi connectivity index (χ1v) is 8.26. The van der Waals surface area contributed by atoms with Crippen LogP contribution in [0.1, 0.15) is 29.6 Å². The fourth-order valence-electron chi connectivity index (χ4n) is 2.71. The van der Waals surface area contributed by atoms with Gasteiger partial charge in [0.1, 0.15) is 5.84 Å². The van der Waals surface area contributed by atoms with Gasteiger partial charge in [0.05, 0.1) is 6.54 Å². The molecule has 4 heteroatoms. The quantitative estimate of drug-likeness (QED) is 0.768. The number of nitrogens with zero attached hydrogens (tertiary/aromatic N) is 2. The highest BCUT2D eigenvalue weighted by Gasteiger charge is 2.19. The minimum Gasteiger partial charge on any atom is -0.322 e. The molecule has 0 fully saturated rings. The number of hydrogen-bond acceptors (Lipinski definition) is 3. The van der Waals surface area contributed by atoms with Crippen molar-refractivity contribution in [2.24, 2.45) is 4.99 Å². The number of Topliss-reactive ketones (excluding diaryl/α,β-unsaturated/α-hetero) is 1. The molecule has 0 amide bonds. The normalized spacial score (nSPS) is 14.2. The number of carbonyl (C=O) groups is 1. The highest BCUT2D eigenvalue weighted by atomic mass is 35.5. The van der Waals surface area contributed by atoms with E-state index in [1.54, 1.807) is 0 Å². The highest BCUT2D eigenvalue weighted by Crippen LogP contribution is 2.22. The van der Waals surface area contributed by atoms with E-state index in [4.69, 9.17) is 11.6 Å². The van der Waals surface area contributed by atoms with Crippen LogP contribution in [-0.4, -0.2) is 24.7 Å². The number of benzene rings is 2. The Hall–Kier alpha value is -2.13. The molecule has 0 aliphatic carbocycles. The monoisotopic (exact) mass is 326 g/mol. The summed E-state index contributed by atoms with van der Waals surface area (Å²) in [6, 6.07) is 17.0. The van der Waals surface area contributed by atoms with E-state index in [-0.39, 0.29) is 5.78 Å². The summed E-state index contributed by atoms with van der Waals surface area (Å²) in [6.45, 7) is 1.13. The van der Waals surface area contributed by atoms with Gasteiger partial charge in [0, 0.05) is 29.2 Å². The second-order valence-corrected chi connectivity index (χ2v) is 6.04. The van der Waals surface area contributed by atoms with Gasteiger partial charge in [0.2, 0.25) is 0 Å². The summed E-state index contributed by atoms with van der Waals surface area (Å²) in [5.41, 5.74) is 1.68. The molecule has 0 aromatic heterocycles. The lowest BCUT2D eigenvalue weighted by Gasteiger charge is -2.28. The van der Waals surface area contributed by atoms with Crippen LogP contribution in [0.15, 0.2) is 59.6 Å². The molecule has 0 saturated heterocycles. The Labute approximate surface area is 141 Å². The van der Waals surface area contributed by atoms with Gasteiger partial charge in [0.25, 0.3) is 0 Å². The average molecular weight is 327 g/mol. The van der Waals surface area contributed by atoms with E-state index in [9.17, 15) is 4.79 Å². The maximum Gasteiger partial charge on any atom is 0.182 e. The van der Waals surface area contributed by atoms with Crippen LogP contribution in [0, 0.1) is 0 Å². The molecule has 1 aliphatic rings. The van der Waals surface area contributed by atoms with Gasteiger partial charge >= 0.3 is 0 Å². The van der Waals surface area contributed by atoms with Crippen molar-refractivity contribution < 1.29 is 4.79 Å². The van der Waals surface area contributed by atoms with E-state index in [1.165, 1.54) is 0 Å². The van der Waals surface area contributed by atoms with Gasteiger partial charge in [-0.25, -0.2) is 0 Å². The number of rotatable bonds is 4. The van der Waals surface area contributed by atoms with Crippen molar-refractivity contribution in [2.45, 2.75) is 19.3 Å². The molecule has 1 aliphatic heterocycles. The van der Waals surface area contributed by atoms with Gasteiger partial charge in [-0.05, 0) is 37.1 Å². The molecule has 23 heavy (non-hydrogen) atoms. The molecule has 2 aromatic carbocycles. The molecule has 3 nitrogen and oxygen atoms in total. The van der Waals surface area contributed by atoms with Gasteiger partial charge in [-0.2, -0.15) is 0 Å². The maximum absolute atomic E-state index is 12.6. The Kier molecular flexibility index (Phi) is 5.09. The number of anilines is 1. The van der Waals surface area contributed by atoms with Gasteiger partial charge in [-0.15, -0.1) is 0 Å². The largest absolute Gasteiger partial charge is 0.322 e. The van der Waals surface area contributed by atoms with Crippen LogP contribution in [0.2, 0.25) is 5.02 Å². The first kappa shape index (κ1) is 15.8. The van der Waals surface area contributed by atoms with Gasteiger partial charge in [0.15, 0.2) is 5.78 Å². The summed E-state index contributed by atoms with van der Waals surface area (Å²) in [5.74, 6) is 1.08. The van der Waals surface area contributed by atoms with Crippen LogP contribution in [0.3, 0.4) is 0 Å². The Balaban J connectivity index is 1.87. The molecule has 0 atom stereocenters. The Morgan fingerprint density at radius 3 is 2.43 bits per heavy atom. The highest BCUT2D eigenvalue weighted by molar-refractivity contribution is 6.30. The number of halogens is 1. The smallest absolute Gasteiger partial charge is 0.182 e. The SMILES string of the molecule is O=C(CN(C1=NCCCC1)c1ccc(Cl)cc1)c1ccccc1. The fourth-order valence-corrected chi connectivity index (χ4v) is 2.84. The maximum atomic E-state index is 12.6. The molecule has 1 heterocycles. The van der Waals surface area contributed by atoms with Gasteiger partial charge in [-0.3, -0.25) is 9.79 Å². The van der Waals surface area contributed by atoms with Crippen molar-refractivity contribution in [3.8, 4) is 0 Å². The lowest BCUT2D eigenvalue weighted by molar-refractivity contribution is 0.100. The third-order valence-electron chi connectivity index (χ3n) is 3.95. The molecule has 0 spiro atoms. The standard InChI is InChI=1S/C19H19ClN2O/c20-16-9-11-17(12-10-16)22(19-8-4-5-13-21-19)14-18(23)15-6-2-1-3-7-15/h1-3,6-7,9-12H,4-5,8,13-14H2. The Morgan fingerprint density at radius 1 is 1.04 bits per heavy atom. The molecule has 0 bridgehead atoms. The second-order valence-electron chi connectivity index (χ2n) is 5.61. The lowest BCUT2D eigenvalue weighted by atomic mass is 10.1. The third-order valence-corrected chi connectivity index (χ3v) is 4.20. The summed E-state index contributed by atoms with van der Waals surface area (Å²) in [5, 5.41) is 0.689. The van der Waals surface area contributed by atoms with Gasteiger partial charge < -0.3 is 4.90 Å². The van der Waals surface area contributed by atoms with Crippen molar-refractivity contribution in [3.05, 3.63) is 65.2 Å². The third kappa shape index (κ3) is 3.99. The molecule has 0 N–H and O–H groups in total. The topological polar surface area (TPSA) is 32.7 Å². The number of hydrogen-bond donors (Lipinski definition) is 0. The lowest BCUT2D eigenvalue weighted by Crippen LogP contribution is -2.37. The van der Waals surface area contributed by atoms with Gasteiger partial charge in [-0.1, -0.05) is 41.9 Å². The van der Waals surface area contributed by atoms with Crippen LogP contribution < -0.4 is 4.90 Å². The minimum atomic E-state index is 0.0915. The minimum absolute atomic E-state index is 0.0915. The van der Waals surface area contributed by atoms with Crippen molar-refractivity contribution in [1.82, 2.24) is 0 Å². The zero-order chi connectivity index (χ0) is 16.1. The van der Waals surface area contributed by atoms with E-state index < -0.39 is 0 Å². The molecular formula is C19H19ClN2O. The van der Waals surface area contributed by atoms with E-state index in [2.05, 4.69) is 4.99 Å². The number of ketones is 1. The molecule has 0 radical (unpaired) electrons. The number of amidine groups is 1. The van der Waals surface area contributed by atoms with Crippen LogP contribution in [0.5, 0.6) is 0 Å². The summed E-state index contributed by atoms with van der Waals surface area (Å²) in [7, 11) is 0. The Morgan fingerprint density at radius 2 is 1.78 bits per heavy atom. The van der Waals surface area contributed by atoms with Crippen LogP contribution in [0.25, 0.3) is 0 Å². The average Bonchev–Trinajstić information content (AvgIpc) is 2.62. The first-order chi connectivity index (χ1) is 11.2.